The van der Waals surface area contributed by atoms with Gasteiger partial charge in [-0.3, -0.25) is 4.90 Å². The Balaban J connectivity index is 1.31. The highest BCUT2D eigenvalue weighted by atomic mass is 16.5. The summed E-state index contributed by atoms with van der Waals surface area (Å²) < 4.78 is 5.53. The summed E-state index contributed by atoms with van der Waals surface area (Å²) in [5.74, 6) is 1.84. The Morgan fingerprint density at radius 3 is 2.59 bits per heavy atom. The molecule has 3 saturated heterocycles. The molecule has 0 saturated carbocycles. The monoisotopic (exact) mass is 367 g/mol. The molecule has 6 heteroatoms. The summed E-state index contributed by atoms with van der Waals surface area (Å²) in [5.41, 5.74) is 2.36. The van der Waals surface area contributed by atoms with Crippen LogP contribution in [0.15, 0.2) is 24.5 Å². The van der Waals surface area contributed by atoms with E-state index in [0.717, 1.165) is 69.7 Å². The van der Waals surface area contributed by atoms with Crippen molar-refractivity contribution in [2.45, 2.75) is 19.3 Å². The molecule has 5 rings (SSSR count). The van der Waals surface area contributed by atoms with E-state index in [-0.39, 0.29) is 0 Å². The molecule has 0 bridgehead atoms. The molecular formula is C21H29N5O. The average Bonchev–Trinajstić information content (AvgIpc) is 3.42. The van der Waals surface area contributed by atoms with Crippen molar-refractivity contribution in [2.24, 2.45) is 5.92 Å². The van der Waals surface area contributed by atoms with Gasteiger partial charge < -0.3 is 14.5 Å². The first-order valence-corrected chi connectivity index (χ1v) is 10.4. The highest BCUT2D eigenvalue weighted by molar-refractivity contribution is 5.92. The molecule has 144 valence electrons. The Morgan fingerprint density at radius 2 is 1.81 bits per heavy atom. The minimum atomic E-state index is 0.734. The van der Waals surface area contributed by atoms with E-state index in [1.54, 1.807) is 6.33 Å². The van der Waals surface area contributed by atoms with Crippen LogP contribution in [-0.4, -0.2) is 73.9 Å². The molecule has 0 amide bonds. The quantitative estimate of drug-likeness (QED) is 0.827. The van der Waals surface area contributed by atoms with Crippen molar-refractivity contribution >= 4 is 22.4 Å². The SMILES string of the molecule is c1nc(N2CCCC2)c2cc(N3CCN(CC4CCOC4)CC3)ccc2n1. The van der Waals surface area contributed by atoms with E-state index in [2.05, 4.69) is 42.9 Å². The number of ether oxygens (including phenoxy) is 1. The number of aromatic nitrogens is 2. The Hall–Kier alpha value is -1.92. The van der Waals surface area contributed by atoms with Crippen molar-refractivity contribution < 1.29 is 4.74 Å². The Bertz CT molecular complexity index is 777. The van der Waals surface area contributed by atoms with Crippen LogP contribution < -0.4 is 9.80 Å². The molecule has 1 aromatic heterocycles. The Labute approximate surface area is 161 Å². The fourth-order valence-electron chi connectivity index (χ4n) is 4.69. The number of piperazine rings is 1. The molecule has 0 aliphatic carbocycles. The van der Waals surface area contributed by atoms with Gasteiger partial charge in [-0.25, -0.2) is 9.97 Å². The molecule has 3 aliphatic heterocycles. The maximum Gasteiger partial charge on any atom is 0.139 e. The van der Waals surface area contributed by atoms with Gasteiger partial charge in [0, 0.05) is 63.5 Å². The number of hydrogen-bond acceptors (Lipinski definition) is 6. The van der Waals surface area contributed by atoms with E-state index in [9.17, 15) is 0 Å². The first kappa shape index (κ1) is 17.2. The maximum absolute atomic E-state index is 5.53. The molecule has 0 N–H and O–H groups in total. The molecule has 4 heterocycles. The number of anilines is 2. The van der Waals surface area contributed by atoms with Crippen LogP contribution in [0.5, 0.6) is 0 Å². The summed E-state index contributed by atoms with van der Waals surface area (Å²) >= 11 is 0. The van der Waals surface area contributed by atoms with Crippen LogP contribution in [0.1, 0.15) is 19.3 Å². The predicted molar refractivity (Wildman–Crippen MR) is 109 cm³/mol. The number of hydrogen-bond donors (Lipinski definition) is 0. The summed E-state index contributed by atoms with van der Waals surface area (Å²) in [5, 5.41) is 1.20. The molecular weight excluding hydrogens is 338 g/mol. The van der Waals surface area contributed by atoms with Crippen molar-refractivity contribution in [3.8, 4) is 0 Å². The largest absolute Gasteiger partial charge is 0.381 e. The van der Waals surface area contributed by atoms with Crippen LogP contribution in [0.2, 0.25) is 0 Å². The highest BCUT2D eigenvalue weighted by Gasteiger charge is 2.23. The Kier molecular flexibility index (Phi) is 4.84. The van der Waals surface area contributed by atoms with Gasteiger partial charge in [-0.2, -0.15) is 0 Å². The highest BCUT2D eigenvalue weighted by Crippen LogP contribution is 2.30. The van der Waals surface area contributed by atoms with E-state index in [1.165, 1.54) is 36.9 Å². The lowest BCUT2D eigenvalue weighted by atomic mass is 10.1. The molecule has 27 heavy (non-hydrogen) atoms. The number of rotatable bonds is 4. The number of benzene rings is 1. The van der Waals surface area contributed by atoms with Gasteiger partial charge in [-0.05, 0) is 43.4 Å². The first-order chi connectivity index (χ1) is 13.4. The summed E-state index contributed by atoms with van der Waals surface area (Å²) in [6.07, 6.45) is 5.46. The minimum Gasteiger partial charge on any atom is -0.381 e. The van der Waals surface area contributed by atoms with Gasteiger partial charge in [-0.1, -0.05) is 0 Å². The van der Waals surface area contributed by atoms with E-state index >= 15 is 0 Å². The number of fused-ring (bicyclic) bond motifs is 1. The zero-order chi connectivity index (χ0) is 18.1. The van der Waals surface area contributed by atoms with Crippen LogP contribution >= 0.6 is 0 Å². The van der Waals surface area contributed by atoms with Crippen molar-refractivity contribution in [1.29, 1.82) is 0 Å². The lowest BCUT2D eigenvalue weighted by Crippen LogP contribution is -2.47. The number of nitrogens with zero attached hydrogens (tertiary/aromatic N) is 5. The third-order valence-electron chi connectivity index (χ3n) is 6.28. The molecule has 3 aliphatic rings. The lowest BCUT2D eigenvalue weighted by molar-refractivity contribution is 0.164. The molecule has 0 radical (unpaired) electrons. The molecule has 1 unspecified atom stereocenters. The predicted octanol–water partition coefficient (Wildman–Crippen LogP) is 2.39. The second-order valence-corrected chi connectivity index (χ2v) is 8.11. The van der Waals surface area contributed by atoms with Crippen molar-refractivity contribution in [1.82, 2.24) is 14.9 Å². The van der Waals surface area contributed by atoms with Gasteiger partial charge in [0.1, 0.15) is 12.1 Å². The summed E-state index contributed by atoms with van der Waals surface area (Å²) in [7, 11) is 0. The van der Waals surface area contributed by atoms with E-state index < -0.39 is 0 Å². The minimum absolute atomic E-state index is 0.734. The second kappa shape index (κ2) is 7.60. The van der Waals surface area contributed by atoms with E-state index in [1.807, 2.05) is 0 Å². The van der Waals surface area contributed by atoms with Crippen molar-refractivity contribution in [3.05, 3.63) is 24.5 Å². The van der Waals surface area contributed by atoms with Crippen LogP contribution in [0.4, 0.5) is 11.5 Å². The fourth-order valence-corrected chi connectivity index (χ4v) is 4.69. The first-order valence-electron chi connectivity index (χ1n) is 10.4. The zero-order valence-electron chi connectivity index (χ0n) is 16.0. The fraction of sp³-hybridized carbons (Fsp3) is 0.619. The summed E-state index contributed by atoms with van der Waals surface area (Å²) in [4.78, 5) is 16.6. The molecule has 0 spiro atoms. The second-order valence-electron chi connectivity index (χ2n) is 8.11. The maximum atomic E-state index is 5.53. The Morgan fingerprint density at radius 1 is 0.963 bits per heavy atom. The smallest absolute Gasteiger partial charge is 0.139 e. The molecule has 3 fully saturated rings. The van der Waals surface area contributed by atoms with Crippen LogP contribution in [0, 0.1) is 5.92 Å². The van der Waals surface area contributed by atoms with Crippen LogP contribution in [-0.2, 0) is 4.74 Å². The normalized spacial score (nSPS) is 24.2. The van der Waals surface area contributed by atoms with Gasteiger partial charge >= 0.3 is 0 Å². The summed E-state index contributed by atoms with van der Waals surface area (Å²) in [6, 6.07) is 6.70. The van der Waals surface area contributed by atoms with Crippen molar-refractivity contribution in [2.75, 3.05) is 68.8 Å². The van der Waals surface area contributed by atoms with Gasteiger partial charge in [0.05, 0.1) is 12.1 Å². The third-order valence-corrected chi connectivity index (χ3v) is 6.28. The van der Waals surface area contributed by atoms with Gasteiger partial charge in [0.2, 0.25) is 0 Å². The van der Waals surface area contributed by atoms with Gasteiger partial charge in [-0.15, -0.1) is 0 Å². The van der Waals surface area contributed by atoms with Crippen LogP contribution in [0.25, 0.3) is 10.9 Å². The lowest BCUT2D eigenvalue weighted by Gasteiger charge is -2.37. The van der Waals surface area contributed by atoms with Crippen LogP contribution in [0.3, 0.4) is 0 Å². The van der Waals surface area contributed by atoms with E-state index in [0.29, 0.717) is 0 Å². The summed E-state index contributed by atoms with van der Waals surface area (Å²) in [6.45, 7) is 9.76. The average molecular weight is 367 g/mol. The molecule has 1 atom stereocenters. The van der Waals surface area contributed by atoms with Gasteiger partial charge in [0.15, 0.2) is 0 Å². The van der Waals surface area contributed by atoms with E-state index in [4.69, 9.17) is 4.74 Å². The molecule has 1 aromatic carbocycles. The molecule has 2 aromatic rings. The molecule has 6 nitrogen and oxygen atoms in total. The topological polar surface area (TPSA) is 44.7 Å². The van der Waals surface area contributed by atoms with Gasteiger partial charge in [0.25, 0.3) is 0 Å². The van der Waals surface area contributed by atoms with Crippen molar-refractivity contribution in [3.63, 3.8) is 0 Å². The third kappa shape index (κ3) is 3.60. The standard InChI is InChI=1S/C21H29N5O/c1-2-7-26(6-1)21-19-13-18(3-4-20(19)22-16-23-21)25-10-8-24(9-11-25)14-17-5-12-27-15-17/h3-4,13,16-17H,1-2,5-12,14-15H2. The zero-order valence-corrected chi connectivity index (χ0v) is 16.0.